The molecule has 0 radical (unpaired) electrons. The number of nitrogens with one attached hydrogen (secondary N) is 2. The third kappa shape index (κ3) is 5.41. The molecule has 1 saturated heterocycles. The molecular formula is C19H27N5O2S. The first kappa shape index (κ1) is 19.6. The Bertz CT molecular complexity index is 717. The van der Waals surface area contributed by atoms with E-state index in [-0.39, 0.29) is 12.1 Å². The molecule has 2 amide bonds. The Balaban J connectivity index is 1.53. The highest BCUT2D eigenvalue weighted by molar-refractivity contribution is 7.10. The molecule has 2 aromatic rings. The zero-order valence-electron chi connectivity index (χ0n) is 15.9. The normalized spacial score (nSPS) is 15.6. The summed E-state index contributed by atoms with van der Waals surface area (Å²) in [6, 6.07) is 8.03. The highest BCUT2D eigenvalue weighted by Crippen LogP contribution is 2.22. The van der Waals surface area contributed by atoms with Gasteiger partial charge in [0.05, 0.1) is 19.3 Å². The van der Waals surface area contributed by atoms with Crippen LogP contribution in [-0.2, 0) is 11.3 Å². The fourth-order valence-corrected chi connectivity index (χ4v) is 4.00. The Morgan fingerprint density at radius 2 is 2.11 bits per heavy atom. The summed E-state index contributed by atoms with van der Waals surface area (Å²) in [5.41, 5.74) is 1.01. The maximum absolute atomic E-state index is 12.3. The lowest BCUT2D eigenvalue weighted by Gasteiger charge is -2.29. The van der Waals surface area contributed by atoms with E-state index in [0.717, 1.165) is 24.5 Å². The number of aromatic nitrogens is 1. The summed E-state index contributed by atoms with van der Waals surface area (Å²) in [5.74, 6) is 0.922. The SMILES string of the molecule is CN(C)C(CNC(=O)NCc1cccnc1N1CCOCC1)c1cccs1. The fraction of sp³-hybridized carbons (Fsp3) is 0.474. The van der Waals surface area contributed by atoms with Crippen molar-refractivity contribution in [2.24, 2.45) is 0 Å². The summed E-state index contributed by atoms with van der Waals surface area (Å²) in [6.45, 7) is 4.06. The van der Waals surface area contributed by atoms with E-state index in [1.165, 1.54) is 4.88 Å². The van der Waals surface area contributed by atoms with E-state index in [4.69, 9.17) is 4.74 Å². The summed E-state index contributed by atoms with van der Waals surface area (Å²) in [4.78, 5) is 22.4. The number of ether oxygens (including phenoxy) is 1. The number of carbonyl (C=O) groups excluding carboxylic acids is 1. The van der Waals surface area contributed by atoms with Gasteiger partial charge in [0.15, 0.2) is 0 Å². The van der Waals surface area contributed by atoms with Gasteiger partial charge in [-0.2, -0.15) is 0 Å². The number of amides is 2. The molecule has 3 heterocycles. The predicted molar refractivity (Wildman–Crippen MR) is 108 cm³/mol. The van der Waals surface area contributed by atoms with Crippen molar-refractivity contribution in [3.63, 3.8) is 0 Å². The van der Waals surface area contributed by atoms with Crippen LogP contribution in [0.5, 0.6) is 0 Å². The molecule has 2 aromatic heterocycles. The molecule has 0 bridgehead atoms. The standard InChI is InChI=1S/C19H27N5O2S/c1-23(2)16(17-6-4-12-27-17)14-22-19(25)21-13-15-5-3-7-20-18(15)24-8-10-26-11-9-24/h3-7,12,16H,8-11,13-14H2,1-2H3,(H2,21,22,25). The lowest BCUT2D eigenvalue weighted by molar-refractivity contribution is 0.122. The second-order valence-electron chi connectivity index (χ2n) is 6.64. The van der Waals surface area contributed by atoms with Crippen molar-refractivity contribution < 1.29 is 9.53 Å². The molecule has 0 aromatic carbocycles. The Morgan fingerprint density at radius 1 is 1.30 bits per heavy atom. The van der Waals surface area contributed by atoms with E-state index in [1.54, 1.807) is 17.5 Å². The first-order valence-electron chi connectivity index (χ1n) is 9.13. The molecule has 1 fully saturated rings. The van der Waals surface area contributed by atoms with Gasteiger partial charge in [-0.25, -0.2) is 9.78 Å². The molecule has 1 aliphatic rings. The highest BCUT2D eigenvalue weighted by Gasteiger charge is 2.18. The summed E-state index contributed by atoms with van der Waals surface area (Å²) in [7, 11) is 4.04. The largest absolute Gasteiger partial charge is 0.378 e. The Kier molecular flexibility index (Phi) is 7.03. The number of urea groups is 1. The van der Waals surface area contributed by atoms with Crippen molar-refractivity contribution in [2.75, 3.05) is 51.8 Å². The van der Waals surface area contributed by atoms with Crippen molar-refractivity contribution in [3.05, 3.63) is 46.3 Å². The van der Waals surface area contributed by atoms with Gasteiger partial charge < -0.3 is 25.2 Å². The summed E-state index contributed by atoms with van der Waals surface area (Å²) >= 11 is 1.70. The number of hydrogen-bond donors (Lipinski definition) is 2. The number of thiophene rings is 1. The van der Waals surface area contributed by atoms with Gasteiger partial charge >= 0.3 is 6.03 Å². The van der Waals surface area contributed by atoms with Crippen LogP contribution in [0.15, 0.2) is 35.8 Å². The van der Waals surface area contributed by atoms with Gasteiger partial charge in [0.2, 0.25) is 0 Å². The van der Waals surface area contributed by atoms with E-state index in [1.807, 2.05) is 32.3 Å². The lowest BCUT2D eigenvalue weighted by Crippen LogP contribution is -2.41. The smallest absolute Gasteiger partial charge is 0.315 e. The van der Waals surface area contributed by atoms with Crippen LogP contribution < -0.4 is 15.5 Å². The molecule has 27 heavy (non-hydrogen) atoms. The Labute approximate surface area is 164 Å². The van der Waals surface area contributed by atoms with Crippen molar-refractivity contribution in [1.82, 2.24) is 20.5 Å². The number of anilines is 1. The van der Waals surface area contributed by atoms with Crippen LogP contribution in [0.2, 0.25) is 0 Å². The van der Waals surface area contributed by atoms with Gasteiger partial charge in [-0.1, -0.05) is 12.1 Å². The number of morpholine rings is 1. The van der Waals surface area contributed by atoms with Crippen LogP contribution in [0.4, 0.5) is 10.6 Å². The summed E-state index contributed by atoms with van der Waals surface area (Å²) in [6.07, 6.45) is 1.79. The van der Waals surface area contributed by atoms with Crippen LogP contribution in [0, 0.1) is 0 Å². The van der Waals surface area contributed by atoms with Gasteiger partial charge in [-0.3, -0.25) is 0 Å². The second kappa shape index (κ2) is 9.68. The molecular weight excluding hydrogens is 362 g/mol. The Hall–Kier alpha value is -2.16. The van der Waals surface area contributed by atoms with Crippen LogP contribution in [0.25, 0.3) is 0 Å². The highest BCUT2D eigenvalue weighted by atomic mass is 32.1. The molecule has 0 aliphatic carbocycles. The number of carbonyl (C=O) groups is 1. The van der Waals surface area contributed by atoms with Crippen molar-refractivity contribution in [2.45, 2.75) is 12.6 Å². The minimum Gasteiger partial charge on any atom is -0.378 e. The van der Waals surface area contributed by atoms with Crippen LogP contribution in [0.3, 0.4) is 0 Å². The topological polar surface area (TPSA) is 69.7 Å². The molecule has 0 saturated carbocycles. The minimum absolute atomic E-state index is 0.165. The molecule has 7 nitrogen and oxygen atoms in total. The van der Waals surface area contributed by atoms with Gasteiger partial charge in [-0.15, -0.1) is 11.3 Å². The van der Waals surface area contributed by atoms with Crippen LogP contribution in [-0.4, -0.2) is 62.9 Å². The maximum atomic E-state index is 12.3. The molecule has 1 unspecified atom stereocenters. The lowest BCUT2D eigenvalue weighted by atomic mass is 10.2. The Morgan fingerprint density at radius 3 is 2.81 bits per heavy atom. The van der Waals surface area contributed by atoms with Gasteiger partial charge in [0.25, 0.3) is 0 Å². The van der Waals surface area contributed by atoms with Crippen LogP contribution in [0.1, 0.15) is 16.5 Å². The van der Waals surface area contributed by atoms with Crippen LogP contribution >= 0.6 is 11.3 Å². The summed E-state index contributed by atoms with van der Waals surface area (Å²) in [5, 5.41) is 7.99. The minimum atomic E-state index is -0.171. The zero-order chi connectivity index (χ0) is 19.1. The third-order valence-corrected chi connectivity index (χ3v) is 5.54. The van der Waals surface area contributed by atoms with Crippen molar-refractivity contribution in [3.8, 4) is 0 Å². The van der Waals surface area contributed by atoms with Gasteiger partial charge in [0.1, 0.15) is 5.82 Å². The molecule has 3 rings (SSSR count). The number of pyridine rings is 1. The van der Waals surface area contributed by atoms with Crippen molar-refractivity contribution >= 4 is 23.2 Å². The van der Waals surface area contributed by atoms with Crippen molar-refractivity contribution in [1.29, 1.82) is 0 Å². The van der Waals surface area contributed by atoms with Gasteiger partial charge in [0, 0.05) is 42.8 Å². The second-order valence-corrected chi connectivity index (χ2v) is 7.62. The average Bonchev–Trinajstić information content (AvgIpc) is 3.21. The molecule has 1 aliphatic heterocycles. The number of likely N-dealkylation sites (N-methyl/N-ethyl adjacent to an activating group) is 1. The summed E-state index contributed by atoms with van der Waals surface area (Å²) < 4.78 is 5.41. The first-order chi connectivity index (χ1) is 13.1. The van der Waals surface area contributed by atoms with E-state index in [0.29, 0.717) is 26.3 Å². The first-order valence-corrected chi connectivity index (χ1v) is 10.0. The van der Waals surface area contributed by atoms with E-state index in [2.05, 4.69) is 36.9 Å². The third-order valence-electron chi connectivity index (χ3n) is 4.57. The number of hydrogen-bond acceptors (Lipinski definition) is 6. The predicted octanol–water partition coefficient (Wildman–Crippen LogP) is 2.08. The average molecular weight is 390 g/mol. The number of nitrogens with zero attached hydrogens (tertiary/aromatic N) is 3. The maximum Gasteiger partial charge on any atom is 0.315 e. The van der Waals surface area contributed by atoms with E-state index in [9.17, 15) is 4.79 Å². The van der Waals surface area contributed by atoms with Gasteiger partial charge in [-0.05, 0) is 31.6 Å². The quantitative estimate of drug-likeness (QED) is 0.759. The molecule has 0 spiro atoms. The monoisotopic (exact) mass is 389 g/mol. The van der Waals surface area contributed by atoms with E-state index >= 15 is 0 Å². The molecule has 2 N–H and O–H groups in total. The fourth-order valence-electron chi connectivity index (χ4n) is 3.07. The molecule has 1 atom stereocenters. The van der Waals surface area contributed by atoms with E-state index < -0.39 is 0 Å². The number of rotatable bonds is 7. The zero-order valence-corrected chi connectivity index (χ0v) is 16.7. The molecule has 146 valence electrons. The molecule has 8 heteroatoms.